The highest BCUT2D eigenvalue weighted by molar-refractivity contribution is 5.83. The highest BCUT2D eigenvalue weighted by atomic mass is 16.2. The van der Waals surface area contributed by atoms with Gasteiger partial charge in [0.05, 0.1) is 11.6 Å². The predicted molar refractivity (Wildman–Crippen MR) is 120 cm³/mol. The molecule has 30 heavy (non-hydrogen) atoms. The number of amides is 1. The van der Waals surface area contributed by atoms with Gasteiger partial charge in [-0.2, -0.15) is 5.10 Å². The van der Waals surface area contributed by atoms with E-state index in [1.54, 1.807) is 0 Å². The SMILES string of the molecule is CCNC(=O)[C@]1(Cc2cccc(-c3ccccc3)c2)CCN(Cc2cnn(C)c2)C1. The standard InChI is InChI=1S/C25H30N4O/c1-3-26-24(30)25(12-13-29(19-25)18-21-16-27-28(2)17-21)15-20-8-7-11-23(14-20)22-9-5-4-6-10-22/h4-11,14,16-17H,3,12-13,15,18-19H2,1-2H3,(H,26,30)/t25-/m0/s1. The Morgan fingerprint density at radius 3 is 2.63 bits per heavy atom. The summed E-state index contributed by atoms with van der Waals surface area (Å²) in [5, 5.41) is 7.38. The Bertz CT molecular complexity index is 997. The van der Waals surface area contributed by atoms with E-state index in [4.69, 9.17) is 0 Å². The molecule has 1 N–H and O–H groups in total. The third-order valence-corrected chi connectivity index (χ3v) is 5.99. The van der Waals surface area contributed by atoms with E-state index in [9.17, 15) is 4.79 Å². The monoisotopic (exact) mass is 402 g/mol. The summed E-state index contributed by atoms with van der Waals surface area (Å²) in [6.07, 6.45) is 5.59. The van der Waals surface area contributed by atoms with Crippen LogP contribution in [-0.4, -0.2) is 40.2 Å². The number of likely N-dealkylation sites (tertiary alicyclic amines) is 1. The van der Waals surface area contributed by atoms with Crippen LogP contribution in [0.5, 0.6) is 0 Å². The fraction of sp³-hybridized carbons (Fsp3) is 0.360. The number of nitrogens with zero attached hydrogens (tertiary/aromatic N) is 3. The second-order valence-electron chi connectivity index (χ2n) is 8.37. The lowest BCUT2D eigenvalue weighted by Gasteiger charge is -2.28. The van der Waals surface area contributed by atoms with E-state index in [-0.39, 0.29) is 5.91 Å². The maximum atomic E-state index is 13.2. The van der Waals surface area contributed by atoms with Crippen LogP contribution in [-0.2, 0) is 24.8 Å². The van der Waals surface area contributed by atoms with E-state index >= 15 is 0 Å². The van der Waals surface area contributed by atoms with Crippen LogP contribution in [0.2, 0.25) is 0 Å². The van der Waals surface area contributed by atoms with Crippen LogP contribution in [0.25, 0.3) is 11.1 Å². The number of rotatable bonds is 7. The fourth-order valence-corrected chi connectivity index (χ4v) is 4.55. The Balaban J connectivity index is 1.55. The molecule has 5 nitrogen and oxygen atoms in total. The molecule has 1 saturated heterocycles. The van der Waals surface area contributed by atoms with Crippen LogP contribution in [0.15, 0.2) is 67.0 Å². The summed E-state index contributed by atoms with van der Waals surface area (Å²) in [5.74, 6) is 0.170. The van der Waals surface area contributed by atoms with Gasteiger partial charge in [0.15, 0.2) is 0 Å². The van der Waals surface area contributed by atoms with Crippen LogP contribution < -0.4 is 5.32 Å². The Morgan fingerprint density at radius 2 is 1.90 bits per heavy atom. The van der Waals surface area contributed by atoms with E-state index in [2.05, 4.69) is 70.0 Å². The van der Waals surface area contributed by atoms with Gasteiger partial charge < -0.3 is 5.32 Å². The number of hydrogen-bond donors (Lipinski definition) is 1. The van der Waals surface area contributed by atoms with Gasteiger partial charge in [0.1, 0.15) is 0 Å². The Labute approximate surface area is 178 Å². The lowest BCUT2D eigenvalue weighted by Crippen LogP contribution is -2.44. The minimum absolute atomic E-state index is 0.170. The molecule has 0 bridgehead atoms. The molecule has 1 aliphatic heterocycles. The van der Waals surface area contributed by atoms with Crippen LogP contribution in [0.4, 0.5) is 0 Å². The number of benzene rings is 2. The van der Waals surface area contributed by atoms with E-state index in [1.807, 2.05) is 30.9 Å². The first-order valence-electron chi connectivity index (χ1n) is 10.7. The summed E-state index contributed by atoms with van der Waals surface area (Å²) >= 11 is 0. The molecule has 1 amide bonds. The smallest absolute Gasteiger partial charge is 0.227 e. The Hall–Kier alpha value is -2.92. The van der Waals surface area contributed by atoms with Crippen LogP contribution in [0.1, 0.15) is 24.5 Å². The minimum atomic E-state index is -0.395. The first-order chi connectivity index (χ1) is 14.6. The van der Waals surface area contributed by atoms with Gasteiger partial charge in [-0.25, -0.2) is 0 Å². The maximum absolute atomic E-state index is 13.2. The molecule has 0 aliphatic carbocycles. The fourth-order valence-electron chi connectivity index (χ4n) is 4.55. The molecule has 5 heteroatoms. The summed E-state index contributed by atoms with van der Waals surface area (Å²) < 4.78 is 1.83. The summed E-state index contributed by atoms with van der Waals surface area (Å²) in [6.45, 7) is 5.17. The molecule has 0 radical (unpaired) electrons. The van der Waals surface area contributed by atoms with Gasteiger partial charge in [0, 0.05) is 38.4 Å². The minimum Gasteiger partial charge on any atom is -0.356 e. The van der Waals surface area contributed by atoms with E-state index in [1.165, 1.54) is 22.3 Å². The molecule has 1 atom stereocenters. The zero-order valence-electron chi connectivity index (χ0n) is 17.8. The highest BCUT2D eigenvalue weighted by Gasteiger charge is 2.44. The quantitative estimate of drug-likeness (QED) is 0.656. The van der Waals surface area contributed by atoms with Crippen LogP contribution in [0, 0.1) is 5.41 Å². The molecule has 3 aromatic rings. The topological polar surface area (TPSA) is 50.2 Å². The van der Waals surface area contributed by atoms with Crippen LogP contribution in [0.3, 0.4) is 0 Å². The Morgan fingerprint density at radius 1 is 1.10 bits per heavy atom. The van der Waals surface area contributed by atoms with Crippen molar-refractivity contribution in [2.45, 2.75) is 26.3 Å². The number of carbonyl (C=O) groups excluding carboxylic acids is 1. The van der Waals surface area contributed by atoms with E-state index < -0.39 is 5.41 Å². The molecule has 0 spiro atoms. The summed E-state index contributed by atoms with van der Waals surface area (Å²) in [4.78, 5) is 15.6. The van der Waals surface area contributed by atoms with Gasteiger partial charge in [0.2, 0.25) is 5.91 Å². The molecular weight excluding hydrogens is 372 g/mol. The van der Waals surface area contributed by atoms with Crippen molar-refractivity contribution in [2.75, 3.05) is 19.6 Å². The number of hydrogen-bond acceptors (Lipinski definition) is 3. The van der Waals surface area contributed by atoms with Gasteiger partial charge in [-0.3, -0.25) is 14.4 Å². The van der Waals surface area contributed by atoms with Crippen molar-refractivity contribution in [3.63, 3.8) is 0 Å². The zero-order valence-corrected chi connectivity index (χ0v) is 17.8. The largest absolute Gasteiger partial charge is 0.356 e. The maximum Gasteiger partial charge on any atom is 0.227 e. The number of aryl methyl sites for hydroxylation is 1. The molecule has 1 fully saturated rings. The molecule has 2 aromatic carbocycles. The van der Waals surface area contributed by atoms with Gasteiger partial charge in [-0.1, -0.05) is 54.6 Å². The van der Waals surface area contributed by atoms with Crippen molar-refractivity contribution in [3.8, 4) is 11.1 Å². The average molecular weight is 403 g/mol. The molecule has 0 unspecified atom stereocenters. The lowest BCUT2D eigenvalue weighted by atomic mass is 9.79. The highest BCUT2D eigenvalue weighted by Crippen LogP contribution is 2.36. The predicted octanol–water partition coefficient (Wildman–Crippen LogP) is 3.66. The van der Waals surface area contributed by atoms with Crippen molar-refractivity contribution in [1.29, 1.82) is 0 Å². The van der Waals surface area contributed by atoms with E-state index in [0.717, 1.165) is 32.5 Å². The molecule has 4 rings (SSSR count). The second kappa shape index (κ2) is 8.84. The number of carbonyl (C=O) groups is 1. The molecule has 0 saturated carbocycles. The third kappa shape index (κ3) is 4.46. The number of aromatic nitrogens is 2. The molecule has 1 aromatic heterocycles. The molecule has 156 valence electrons. The summed E-state index contributed by atoms with van der Waals surface area (Å²) in [6, 6.07) is 19.0. The van der Waals surface area contributed by atoms with Crippen molar-refractivity contribution in [1.82, 2.24) is 20.0 Å². The van der Waals surface area contributed by atoms with E-state index in [0.29, 0.717) is 6.54 Å². The second-order valence-corrected chi connectivity index (χ2v) is 8.37. The van der Waals surface area contributed by atoms with Crippen molar-refractivity contribution >= 4 is 5.91 Å². The lowest BCUT2D eigenvalue weighted by molar-refractivity contribution is -0.130. The molecule has 2 heterocycles. The average Bonchev–Trinajstić information content (AvgIpc) is 3.36. The summed E-state index contributed by atoms with van der Waals surface area (Å²) in [7, 11) is 1.94. The van der Waals surface area contributed by atoms with Crippen LogP contribution >= 0.6 is 0 Å². The molecular formula is C25H30N4O. The van der Waals surface area contributed by atoms with Crippen molar-refractivity contribution < 1.29 is 4.79 Å². The molecule has 1 aliphatic rings. The first-order valence-corrected chi connectivity index (χ1v) is 10.7. The zero-order chi connectivity index (χ0) is 21.0. The Kier molecular flexibility index (Phi) is 6.00. The van der Waals surface area contributed by atoms with Gasteiger partial charge in [-0.15, -0.1) is 0 Å². The van der Waals surface area contributed by atoms with Gasteiger partial charge in [0.25, 0.3) is 0 Å². The number of nitrogens with one attached hydrogen (secondary N) is 1. The normalized spacial score (nSPS) is 19.1. The van der Waals surface area contributed by atoms with Gasteiger partial charge in [-0.05, 0) is 43.0 Å². The van der Waals surface area contributed by atoms with Gasteiger partial charge >= 0.3 is 0 Å². The van der Waals surface area contributed by atoms with Crippen molar-refractivity contribution in [3.05, 3.63) is 78.1 Å². The third-order valence-electron chi connectivity index (χ3n) is 5.99. The first kappa shape index (κ1) is 20.4. The van der Waals surface area contributed by atoms with Crippen molar-refractivity contribution in [2.24, 2.45) is 12.5 Å². The summed E-state index contributed by atoms with van der Waals surface area (Å²) in [5.41, 5.74) is 4.41.